The number of hydrogen-bond donors (Lipinski definition) is 1. The lowest BCUT2D eigenvalue weighted by Gasteiger charge is -2.07. The summed E-state index contributed by atoms with van der Waals surface area (Å²) < 4.78 is 33.7. The lowest BCUT2D eigenvalue weighted by molar-refractivity contribution is 0.0472. The first-order valence-electron chi connectivity index (χ1n) is 8.38. The molecule has 0 atom stereocenters. The summed E-state index contributed by atoms with van der Waals surface area (Å²) in [5, 5.41) is 4.23. The van der Waals surface area contributed by atoms with E-state index in [-0.39, 0.29) is 11.4 Å². The molecule has 0 fully saturated rings. The molecule has 0 saturated heterocycles. The smallest absolute Gasteiger partial charge is 0.344 e. The Kier molecular flexibility index (Phi) is 5.49. The van der Waals surface area contributed by atoms with Crippen molar-refractivity contribution in [3.63, 3.8) is 0 Å². The van der Waals surface area contributed by atoms with E-state index in [1.807, 2.05) is 30.3 Å². The molecule has 6 nitrogen and oxygen atoms in total. The molecule has 0 amide bonds. The van der Waals surface area contributed by atoms with Gasteiger partial charge < -0.3 is 10.5 Å². The van der Waals surface area contributed by atoms with Gasteiger partial charge in [0, 0.05) is 13.5 Å². The predicted molar refractivity (Wildman–Crippen MR) is 97.8 cm³/mol. The van der Waals surface area contributed by atoms with E-state index in [2.05, 4.69) is 5.10 Å². The van der Waals surface area contributed by atoms with E-state index in [1.165, 1.54) is 4.68 Å². The third-order valence-electron chi connectivity index (χ3n) is 4.16. The number of carbonyl (C=O) groups is 2. The number of aromatic nitrogens is 2. The number of anilines is 1. The van der Waals surface area contributed by atoms with Crippen molar-refractivity contribution in [3.05, 3.63) is 82.5 Å². The molecule has 0 unspecified atom stereocenters. The Morgan fingerprint density at radius 1 is 1.04 bits per heavy atom. The second-order valence-corrected chi connectivity index (χ2v) is 6.09. The molecular weight excluding hydrogens is 368 g/mol. The van der Waals surface area contributed by atoms with Gasteiger partial charge in [-0.25, -0.2) is 13.6 Å². The molecule has 2 N–H and O–H groups in total. The van der Waals surface area contributed by atoms with Gasteiger partial charge in [0.1, 0.15) is 23.0 Å². The molecule has 28 heavy (non-hydrogen) atoms. The fourth-order valence-electron chi connectivity index (χ4n) is 2.77. The minimum absolute atomic E-state index is 0.0214. The number of nitrogens with zero attached hydrogens (tertiary/aromatic N) is 2. The number of carbonyl (C=O) groups excluding carboxylic acids is 2. The topological polar surface area (TPSA) is 87.2 Å². The van der Waals surface area contributed by atoms with Crippen molar-refractivity contribution in [1.29, 1.82) is 0 Å². The molecule has 144 valence electrons. The number of aryl methyl sites for hydroxylation is 1. The van der Waals surface area contributed by atoms with Crippen LogP contribution in [-0.4, -0.2) is 28.1 Å². The van der Waals surface area contributed by atoms with Crippen LogP contribution in [0.3, 0.4) is 0 Å². The Morgan fingerprint density at radius 2 is 1.68 bits per heavy atom. The minimum atomic E-state index is -1.02. The largest absolute Gasteiger partial charge is 0.454 e. The standard InChI is InChI=1S/C20H17F2N3O3/c1-25-19(23)18(15(24-25)10-12-6-3-2-4-7-12)20(27)28-11-16(26)17-13(21)8-5-9-14(17)22/h2-9H,10-11,23H2,1H3. The van der Waals surface area contributed by atoms with Gasteiger partial charge >= 0.3 is 5.97 Å². The van der Waals surface area contributed by atoms with Crippen LogP contribution >= 0.6 is 0 Å². The molecule has 0 bridgehead atoms. The van der Waals surface area contributed by atoms with E-state index in [0.29, 0.717) is 12.1 Å². The Morgan fingerprint density at radius 3 is 2.32 bits per heavy atom. The fraction of sp³-hybridized carbons (Fsp3) is 0.150. The maximum Gasteiger partial charge on any atom is 0.344 e. The van der Waals surface area contributed by atoms with Crippen LogP contribution in [0.5, 0.6) is 0 Å². The molecule has 8 heteroatoms. The normalized spacial score (nSPS) is 10.7. The fourth-order valence-corrected chi connectivity index (χ4v) is 2.77. The highest BCUT2D eigenvalue weighted by Gasteiger charge is 2.25. The first-order valence-corrected chi connectivity index (χ1v) is 8.38. The number of halogens is 2. The summed E-state index contributed by atoms with van der Waals surface area (Å²) in [5.41, 5.74) is 6.47. The molecule has 1 heterocycles. The molecule has 0 aliphatic rings. The van der Waals surface area contributed by atoms with Gasteiger partial charge in [0.05, 0.1) is 11.3 Å². The summed E-state index contributed by atoms with van der Waals surface area (Å²) in [4.78, 5) is 24.6. The number of esters is 1. The monoisotopic (exact) mass is 385 g/mol. The predicted octanol–water partition coefficient (Wildman–Crippen LogP) is 2.91. The maximum atomic E-state index is 13.7. The molecule has 1 aromatic heterocycles. The van der Waals surface area contributed by atoms with Gasteiger partial charge in [0.15, 0.2) is 6.61 Å². The molecule has 3 rings (SSSR count). The third kappa shape index (κ3) is 3.90. The van der Waals surface area contributed by atoms with Crippen LogP contribution in [0.15, 0.2) is 48.5 Å². The number of nitrogens with two attached hydrogens (primary N) is 1. The Hall–Kier alpha value is -3.55. The van der Waals surface area contributed by atoms with Crippen molar-refractivity contribution >= 4 is 17.6 Å². The van der Waals surface area contributed by atoms with Gasteiger partial charge in [-0.15, -0.1) is 0 Å². The van der Waals surface area contributed by atoms with Crippen molar-refractivity contribution in [2.75, 3.05) is 12.3 Å². The van der Waals surface area contributed by atoms with Gasteiger partial charge in [0.25, 0.3) is 0 Å². The van der Waals surface area contributed by atoms with Crippen molar-refractivity contribution < 1.29 is 23.1 Å². The molecule has 0 saturated carbocycles. The van der Waals surface area contributed by atoms with E-state index in [9.17, 15) is 18.4 Å². The molecule has 2 aromatic carbocycles. The maximum absolute atomic E-state index is 13.7. The third-order valence-corrected chi connectivity index (χ3v) is 4.16. The van der Waals surface area contributed by atoms with Gasteiger partial charge in [-0.3, -0.25) is 9.48 Å². The summed E-state index contributed by atoms with van der Waals surface area (Å²) in [6, 6.07) is 12.3. The Balaban J connectivity index is 1.78. The first-order chi connectivity index (χ1) is 13.4. The summed E-state index contributed by atoms with van der Waals surface area (Å²) >= 11 is 0. The van der Waals surface area contributed by atoms with E-state index in [4.69, 9.17) is 10.5 Å². The molecule has 0 aliphatic heterocycles. The second kappa shape index (κ2) is 7.99. The summed E-state index contributed by atoms with van der Waals surface area (Å²) in [6.07, 6.45) is 0.326. The van der Waals surface area contributed by atoms with E-state index in [1.54, 1.807) is 7.05 Å². The quantitative estimate of drug-likeness (QED) is 0.521. The van der Waals surface area contributed by atoms with Crippen LogP contribution in [0.4, 0.5) is 14.6 Å². The van der Waals surface area contributed by atoms with Crippen molar-refractivity contribution in [1.82, 2.24) is 9.78 Å². The number of ketones is 1. The minimum Gasteiger partial charge on any atom is -0.454 e. The average Bonchev–Trinajstić information content (AvgIpc) is 2.94. The SMILES string of the molecule is Cn1nc(Cc2ccccc2)c(C(=O)OCC(=O)c2c(F)cccc2F)c1N. The second-order valence-electron chi connectivity index (χ2n) is 6.09. The van der Waals surface area contributed by atoms with Crippen LogP contribution in [0.2, 0.25) is 0 Å². The molecule has 0 radical (unpaired) electrons. The van der Waals surface area contributed by atoms with Crippen molar-refractivity contribution in [2.24, 2.45) is 7.05 Å². The zero-order valence-corrected chi connectivity index (χ0v) is 15.0. The van der Waals surface area contributed by atoms with Gasteiger partial charge in [-0.05, 0) is 17.7 Å². The molecular formula is C20H17F2N3O3. The van der Waals surface area contributed by atoms with E-state index in [0.717, 1.165) is 23.8 Å². The van der Waals surface area contributed by atoms with E-state index < -0.39 is 35.6 Å². The van der Waals surface area contributed by atoms with E-state index >= 15 is 0 Å². The first kappa shape index (κ1) is 19.2. The highest BCUT2D eigenvalue weighted by atomic mass is 19.1. The van der Waals surface area contributed by atoms with Gasteiger partial charge in [0.2, 0.25) is 5.78 Å². The highest BCUT2D eigenvalue weighted by Crippen LogP contribution is 2.21. The van der Waals surface area contributed by atoms with Crippen LogP contribution in [-0.2, 0) is 18.2 Å². The number of Topliss-reactive ketones (excluding diaryl/α,β-unsaturated/α-hetero) is 1. The lowest BCUT2D eigenvalue weighted by atomic mass is 10.1. The van der Waals surface area contributed by atoms with Crippen molar-refractivity contribution in [2.45, 2.75) is 6.42 Å². The molecule has 0 spiro atoms. The van der Waals surface area contributed by atoms with Crippen LogP contribution in [0, 0.1) is 11.6 Å². The van der Waals surface area contributed by atoms with Gasteiger partial charge in [-0.1, -0.05) is 36.4 Å². The molecule has 0 aliphatic carbocycles. The Labute approximate surface area is 159 Å². The van der Waals surface area contributed by atoms with Gasteiger partial charge in [-0.2, -0.15) is 5.10 Å². The highest BCUT2D eigenvalue weighted by molar-refractivity contribution is 6.01. The zero-order valence-electron chi connectivity index (χ0n) is 15.0. The number of benzene rings is 2. The number of ether oxygens (including phenoxy) is 1. The molecule has 3 aromatic rings. The lowest BCUT2D eigenvalue weighted by Crippen LogP contribution is -2.18. The number of rotatable bonds is 6. The van der Waals surface area contributed by atoms with Crippen LogP contribution in [0.25, 0.3) is 0 Å². The van der Waals surface area contributed by atoms with Crippen LogP contribution < -0.4 is 5.73 Å². The summed E-state index contributed by atoms with van der Waals surface area (Å²) in [5.74, 6) is -3.85. The van der Waals surface area contributed by atoms with Crippen molar-refractivity contribution in [3.8, 4) is 0 Å². The summed E-state index contributed by atoms with van der Waals surface area (Å²) in [7, 11) is 1.57. The number of nitrogen functional groups attached to an aromatic ring is 1. The Bertz CT molecular complexity index is 1010. The van der Waals surface area contributed by atoms with Crippen LogP contribution in [0.1, 0.15) is 32.0 Å². The number of hydrogen-bond acceptors (Lipinski definition) is 5. The summed E-state index contributed by atoms with van der Waals surface area (Å²) in [6.45, 7) is -0.824. The average molecular weight is 385 g/mol. The zero-order chi connectivity index (χ0) is 20.3.